The van der Waals surface area contributed by atoms with Crippen molar-refractivity contribution in [3.05, 3.63) is 75.4 Å². The summed E-state index contributed by atoms with van der Waals surface area (Å²) >= 11 is 12.1. The summed E-state index contributed by atoms with van der Waals surface area (Å²) in [6.45, 7) is 0.184. The smallest absolute Gasteiger partial charge is 0.416 e. The Morgan fingerprint density at radius 2 is 1.79 bits per heavy atom. The van der Waals surface area contributed by atoms with Crippen LogP contribution in [-0.2, 0) is 17.5 Å². The summed E-state index contributed by atoms with van der Waals surface area (Å²) in [4.78, 5) is 11.9. The van der Waals surface area contributed by atoms with Crippen LogP contribution in [0.4, 0.5) is 13.2 Å². The summed E-state index contributed by atoms with van der Waals surface area (Å²) in [7, 11) is 1.22. The maximum Gasteiger partial charge on any atom is 0.416 e. The maximum atomic E-state index is 12.8. The van der Waals surface area contributed by atoms with E-state index in [9.17, 15) is 18.0 Å². The third-order valence-corrected chi connectivity index (χ3v) is 4.60. The molecule has 0 saturated carbocycles. The lowest BCUT2D eigenvalue weighted by Crippen LogP contribution is -2.08. The summed E-state index contributed by atoms with van der Waals surface area (Å²) in [6, 6.07) is 11.0. The highest BCUT2D eigenvalue weighted by Gasteiger charge is 2.30. The Labute approximate surface area is 168 Å². The second-order valence-electron chi connectivity index (χ2n) is 5.87. The summed E-state index contributed by atoms with van der Waals surface area (Å²) in [5.41, 5.74) is 0.846. The molecule has 3 rings (SSSR count). The highest BCUT2D eigenvalue weighted by molar-refractivity contribution is 6.35. The lowest BCUT2D eigenvalue weighted by atomic mass is 10.1. The van der Waals surface area contributed by atoms with Crippen LogP contribution in [0.5, 0.6) is 0 Å². The molecule has 0 spiro atoms. The van der Waals surface area contributed by atoms with Crippen molar-refractivity contribution in [2.75, 3.05) is 7.11 Å². The van der Waals surface area contributed by atoms with E-state index in [2.05, 4.69) is 9.84 Å². The fourth-order valence-corrected chi connectivity index (χ4v) is 3.08. The Balaban J connectivity index is 2.04. The van der Waals surface area contributed by atoms with Crippen LogP contribution < -0.4 is 0 Å². The molecule has 2 aromatic carbocycles. The van der Waals surface area contributed by atoms with Crippen molar-refractivity contribution in [2.24, 2.45) is 0 Å². The third-order valence-electron chi connectivity index (χ3n) is 4.02. The summed E-state index contributed by atoms with van der Waals surface area (Å²) in [5.74, 6) is -0.658. The molecule has 9 heteroatoms. The summed E-state index contributed by atoms with van der Waals surface area (Å²) in [5, 5.41) is 5.08. The quantitative estimate of drug-likeness (QED) is 0.499. The van der Waals surface area contributed by atoms with Gasteiger partial charge in [-0.3, -0.25) is 4.68 Å². The highest BCUT2D eigenvalue weighted by atomic mass is 35.5. The Morgan fingerprint density at radius 3 is 2.36 bits per heavy atom. The van der Waals surface area contributed by atoms with E-state index in [1.807, 2.05) is 0 Å². The van der Waals surface area contributed by atoms with E-state index >= 15 is 0 Å². The number of hydrogen-bond donors (Lipinski definition) is 0. The van der Waals surface area contributed by atoms with E-state index in [0.29, 0.717) is 26.9 Å². The number of ether oxygens (including phenoxy) is 1. The van der Waals surface area contributed by atoms with Gasteiger partial charge in [0.25, 0.3) is 0 Å². The van der Waals surface area contributed by atoms with Crippen LogP contribution in [-0.4, -0.2) is 22.9 Å². The number of benzene rings is 2. The Bertz CT molecular complexity index is 1020. The van der Waals surface area contributed by atoms with Crippen molar-refractivity contribution < 1.29 is 22.7 Å². The van der Waals surface area contributed by atoms with Gasteiger partial charge in [0, 0.05) is 10.0 Å². The van der Waals surface area contributed by atoms with Gasteiger partial charge in [-0.15, -0.1) is 0 Å². The number of halogens is 5. The summed E-state index contributed by atoms with van der Waals surface area (Å²) < 4.78 is 44.6. The van der Waals surface area contributed by atoms with E-state index in [-0.39, 0.29) is 12.2 Å². The van der Waals surface area contributed by atoms with Gasteiger partial charge in [-0.1, -0.05) is 41.4 Å². The summed E-state index contributed by atoms with van der Waals surface area (Å²) in [6.07, 6.45) is -4.44. The van der Waals surface area contributed by atoms with Gasteiger partial charge in [0.15, 0.2) is 5.69 Å². The first kappa shape index (κ1) is 20.2. The number of hydrogen-bond acceptors (Lipinski definition) is 3. The minimum Gasteiger partial charge on any atom is -0.464 e. The van der Waals surface area contributed by atoms with Crippen LogP contribution in [0.2, 0.25) is 10.0 Å². The monoisotopic (exact) mass is 428 g/mol. The van der Waals surface area contributed by atoms with Crippen molar-refractivity contribution in [1.82, 2.24) is 9.78 Å². The molecule has 0 saturated heterocycles. The number of nitrogens with zero attached hydrogens (tertiary/aromatic N) is 2. The number of alkyl halides is 3. The van der Waals surface area contributed by atoms with Gasteiger partial charge in [-0.05, 0) is 41.5 Å². The molecule has 3 aromatic rings. The fraction of sp³-hybridized carbons (Fsp3) is 0.158. The first-order valence-electron chi connectivity index (χ1n) is 7.97. The minimum atomic E-state index is -4.44. The van der Waals surface area contributed by atoms with Gasteiger partial charge < -0.3 is 4.74 Å². The van der Waals surface area contributed by atoms with E-state index in [4.69, 9.17) is 23.2 Å². The molecule has 0 aliphatic heterocycles. The molecule has 0 atom stereocenters. The number of aromatic nitrogens is 2. The normalized spacial score (nSPS) is 11.5. The molecular weight excluding hydrogens is 416 g/mol. The first-order chi connectivity index (χ1) is 13.2. The van der Waals surface area contributed by atoms with Crippen molar-refractivity contribution >= 4 is 29.2 Å². The molecule has 0 N–H and O–H groups in total. The lowest BCUT2D eigenvalue weighted by Gasteiger charge is -2.11. The van der Waals surface area contributed by atoms with Crippen LogP contribution in [0.15, 0.2) is 48.5 Å². The first-order valence-corrected chi connectivity index (χ1v) is 8.72. The van der Waals surface area contributed by atoms with Crippen LogP contribution >= 0.6 is 23.2 Å². The predicted octanol–water partition coefficient (Wildman–Crippen LogP) is 5.71. The topological polar surface area (TPSA) is 44.1 Å². The second kappa shape index (κ2) is 7.85. The molecule has 0 amide bonds. The largest absolute Gasteiger partial charge is 0.464 e. The average Bonchev–Trinajstić information content (AvgIpc) is 3.06. The molecule has 1 heterocycles. The van der Waals surface area contributed by atoms with Crippen LogP contribution in [0, 0.1) is 0 Å². The molecule has 0 unspecified atom stereocenters. The van der Waals surface area contributed by atoms with E-state index in [1.54, 1.807) is 18.2 Å². The Hall–Kier alpha value is -2.51. The van der Waals surface area contributed by atoms with Crippen LogP contribution in [0.1, 0.15) is 21.6 Å². The molecule has 146 valence electrons. The molecule has 0 aliphatic rings. The van der Waals surface area contributed by atoms with Gasteiger partial charge in [0.2, 0.25) is 0 Å². The van der Waals surface area contributed by atoms with Crippen molar-refractivity contribution in [1.29, 1.82) is 0 Å². The molecule has 28 heavy (non-hydrogen) atoms. The number of methoxy groups -OCH3 is 1. The van der Waals surface area contributed by atoms with E-state index < -0.39 is 17.7 Å². The highest BCUT2D eigenvalue weighted by Crippen LogP contribution is 2.32. The standard InChI is InChI=1S/C19H13Cl2F3N2O2/c1-28-18(27)16-9-17(11-2-5-13(6-3-11)19(22,23)24)26(25-16)10-12-4-7-14(20)8-15(12)21/h2-9H,10H2,1H3. The zero-order valence-corrected chi connectivity index (χ0v) is 15.9. The van der Waals surface area contributed by atoms with Gasteiger partial charge in [0.05, 0.1) is 24.9 Å². The molecule has 0 radical (unpaired) electrons. The average molecular weight is 429 g/mol. The van der Waals surface area contributed by atoms with Crippen molar-refractivity contribution in [3.63, 3.8) is 0 Å². The van der Waals surface area contributed by atoms with Gasteiger partial charge in [0.1, 0.15) is 0 Å². The molecule has 1 aromatic heterocycles. The molecule has 0 fully saturated rings. The molecule has 0 aliphatic carbocycles. The third kappa shape index (κ3) is 4.31. The van der Waals surface area contributed by atoms with E-state index in [0.717, 1.165) is 12.1 Å². The number of carbonyl (C=O) groups is 1. The SMILES string of the molecule is COC(=O)c1cc(-c2ccc(C(F)(F)F)cc2)n(Cc2ccc(Cl)cc2Cl)n1. The zero-order valence-electron chi connectivity index (χ0n) is 14.4. The number of rotatable bonds is 4. The maximum absolute atomic E-state index is 12.8. The fourth-order valence-electron chi connectivity index (χ4n) is 2.62. The van der Waals surface area contributed by atoms with Crippen molar-refractivity contribution in [3.8, 4) is 11.3 Å². The van der Waals surface area contributed by atoms with Gasteiger partial charge >= 0.3 is 12.1 Å². The van der Waals surface area contributed by atoms with Gasteiger partial charge in [-0.2, -0.15) is 18.3 Å². The van der Waals surface area contributed by atoms with Gasteiger partial charge in [-0.25, -0.2) is 4.79 Å². The minimum absolute atomic E-state index is 0.0301. The second-order valence-corrected chi connectivity index (χ2v) is 6.72. The lowest BCUT2D eigenvalue weighted by molar-refractivity contribution is -0.137. The van der Waals surface area contributed by atoms with E-state index in [1.165, 1.54) is 30.0 Å². The number of carbonyl (C=O) groups excluding carboxylic acids is 1. The molecule has 4 nitrogen and oxygen atoms in total. The van der Waals surface area contributed by atoms with Crippen LogP contribution in [0.3, 0.4) is 0 Å². The molecular formula is C19H13Cl2F3N2O2. The number of esters is 1. The Kier molecular flexibility index (Phi) is 5.67. The Morgan fingerprint density at radius 1 is 1.11 bits per heavy atom. The van der Waals surface area contributed by atoms with Crippen molar-refractivity contribution in [2.45, 2.75) is 12.7 Å². The zero-order chi connectivity index (χ0) is 20.5. The predicted molar refractivity (Wildman–Crippen MR) is 99.6 cm³/mol. The molecule has 0 bridgehead atoms. The van der Waals surface area contributed by atoms with Crippen LogP contribution in [0.25, 0.3) is 11.3 Å².